The van der Waals surface area contributed by atoms with Crippen molar-refractivity contribution in [1.82, 2.24) is 4.90 Å². The normalized spacial score (nSPS) is 20.8. The van der Waals surface area contributed by atoms with Crippen LogP contribution in [0.4, 0.5) is 0 Å². The third-order valence-corrected chi connectivity index (χ3v) is 4.96. The van der Waals surface area contributed by atoms with Gasteiger partial charge in [-0.15, -0.1) is 0 Å². The first kappa shape index (κ1) is 17.9. The minimum atomic E-state index is -0.881. The Balaban J connectivity index is 1.98. The molecule has 0 saturated carbocycles. The predicted molar refractivity (Wildman–Crippen MR) is 88.1 cm³/mol. The molecule has 0 bridgehead atoms. The molecule has 1 aromatic carbocycles. The standard InChI is InChI=1S/C16H19Cl2NO4/c1-10(2)16(15(21)22)5-6-19(9-16)14(20)8-23-13-4-3-11(17)7-12(13)18/h3-4,7,10H,5-6,8-9H2,1-2H3,(H,21,22). The molecule has 1 heterocycles. The van der Waals surface area contributed by atoms with Crippen LogP contribution in [-0.4, -0.2) is 41.6 Å². The van der Waals surface area contributed by atoms with Crippen molar-refractivity contribution in [2.75, 3.05) is 19.7 Å². The average Bonchev–Trinajstić information content (AvgIpc) is 2.92. The molecule has 1 atom stereocenters. The maximum atomic E-state index is 12.3. The van der Waals surface area contributed by atoms with E-state index in [1.54, 1.807) is 12.1 Å². The van der Waals surface area contributed by atoms with Gasteiger partial charge in [0.05, 0.1) is 10.4 Å². The van der Waals surface area contributed by atoms with Gasteiger partial charge in [0, 0.05) is 18.1 Å². The summed E-state index contributed by atoms with van der Waals surface area (Å²) in [4.78, 5) is 25.4. The number of carboxylic acid groups (broad SMARTS) is 1. The van der Waals surface area contributed by atoms with Crippen LogP contribution in [0.5, 0.6) is 5.75 Å². The molecule has 1 fully saturated rings. The van der Waals surface area contributed by atoms with E-state index in [0.717, 1.165) is 0 Å². The molecule has 7 heteroatoms. The minimum Gasteiger partial charge on any atom is -0.482 e. The molecular formula is C16H19Cl2NO4. The Morgan fingerprint density at radius 1 is 1.39 bits per heavy atom. The van der Waals surface area contributed by atoms with Crippen molar-refractivity contribution >= 4 is 35.1 Å². The Morgan fingerprint density at radius 2 is 2.09 bits per heavy atom. The number of nitrogens with zero attached hydrogens (tertiary/aromatic N) is 1. The van der Waals surface area contributed by atoms with E-state index in [0.29, 0.717) is 28.8 Å². The highest BCUT2D eigenvalue weighted by Crippen LogP contribution is 2.38. The predicted octanol–water partition coefficient (Wildman–Crippen LogP) is 3.33. The molecule has 1 aromatic rings. The number of hydrogen-bond acceptors (Lipinski definition) is 3. The Bertz CT molecular complexity index is 620. The SMILES string of the molecule is CC(C)C1(C(=O)O)CCN(C(=O)COc2ccc(Cl)cc2Cl)C1. The largest absolute Gasteiger partial charge is 0.482 e. The number of hydrogen-bond donors (Lipinski definition) is 1. The summed E-state index contributed by atoms with van der Waals surface area (Å²) in [6.07, 6.45) is 0.452. The molecule has 0 radical (unpaired) electrons. The third kappa shape index (κ3) is 3.72. The maximum Gasteiger partial charge on any atom is 0.311 e. The molecule has 126 valence electrons. The summed E-state index contributed by atoms with van der Waals surface area (Å²) in [5, 5.41) is 10.3. The smallest absolute Gasteiger partial charge is 0.311 e. The highest BCUT2D eigenvalue weighted by atomic mass is 35.5. The highest BCUT2D eigenvalue weighted by Gasteiger charge is 2.48. The van der Waals surface area contributed by atoms with E-state index in [1.165, 1.54) is 11.0 Å². The van der Waals surface area contributed by atoms with Crippen LogP contribution in [0, 0.1) is 11.3 Å². The number of amides is 1. The van der Waals surface area contributed by atoms with Crippen LogP contribution >= 0.6 is 23.2 Å². The van der Waals surface area contributed by atoms with Crippen LogP contribution in [0.25, 0.3) is 0 Å². The van der Waals surface area contributed by atoms with Crippen molar-refractivity contribution in [2.45, 2.75) is 20.3 Å². The van der Waals surface area contributed by atoms with Gasteiger partial charge in [-0.2, -0.15) is 0 Å². The molecule has 1 unspecified atom stereocenters. The molecular weight excluding hydrogens is 341 g/mol. The average molecular weight is 360 g/mol. The Kier molecular flexibility index (Phi) is 5.42. The van der Waals surface area contributed by atoms with Crippen molar-refractivity contribution in [1.29, 1.82) is 0 Å². The topological polar surface area (TPSA) is 66.8 Å². The third-order valence-electron chi connectivity index (χ3n) is 4.43. The Labute approximate surface area is 145 Å². The summed E-state index contributed by atoms with van der Waals surface area (Å²) in [5.74, 6) is -0.786. The van der Waals surface area contributed by atoms with Crippen LogP contribution in [0.1, 0.15) is 20.3 Å². The van der Waals surface area contributed by atoms with Gasteiger partial charge in [0.25, 0.3) is 5.91 Å². The fraction of sp³-hybridized carbons (Fsp3) is 0.500. The van der Waals surface area contributed by atoms with Gasteiger partial charge in [0.2, 0.25) is 0 Å². The number of aliphatic carboxylic acids is 1. The lowest BCUT2D eigenvalue weighted by molar-refractivity contribution is -0.151. The van der Waals surface area contributed by atoms with Gasteiger partial charge in [0.1, 0.15) is 5.75 Å². The van der Waals surface area contributed by atoms with Crippen molar-refractivity contribution in [3.05, 3.63) is 28.2 Å². The number of rotatable bonds is 5. The molecule has 1 amide bonds. The molecule has 1 saturated heterocycles. The second-order valence-electron chi connectivity index (χ2n) is 6.04. The molecule has 23 heavy (non-hydrogen) atoms. The first-order valence-electron chi connectivity index (χ1n) is 7.35. The molecule has 1 aliphatic rings. The van der Waals surface area contributed by atoms with Crippen LogP contribution in [0.2, 0.25) is 10.0 Å². The molecule has 1 N–H and O–H groups in total. The molecule has 5 nitrogen and oxygen atoms in total. The molecule has 0 aliphatic carbocycles. The first-order chi connectivity index (χ1) is 10.8. The summed E-state index contributed by atoms with van der Waals surface area (Å²) < 4.78 is 5.43. The Morgan fingerprint density at radius 3 is 2.61 bits per heavy atom. The van der Waals surface area contributed by atoms with Gasteiger partial charge in [-0.1, -0.05) is 37.0 Å². The zero-order chi connectivity index (χ0) is 17.2. The van der Waals surface area contributed by atoms with Crippen LogP contribution in [0.3, 0.4) is 0 Å². The van der Waals surface area contributed by atoms with E-state index in [1.807, 2.05) is 13.8 Å². The number of ether oxygens (including phenoxy) is 1. The summed E-state index contributed by atoms with van der Waals surface area (Å²) >= 11 is 11.8. The van der Waals surface area contributed by atoms with E-state index < -0.39 is 11.4 Å². The summed E-state index contributed by atoms with van der Waals surface area (Å²) in [5.41, 5.74) is -0.881. The number of carbonyl (C=O) groups is 2. The Hall–Kier alpha value is -1.46. The summed E-state index contributed by atoms with van der Waals surface area (Å²) in [6, 6.07) is 4.75. The zero-order valence-corrected chi connectivity index (χ0v) is 14.5. The molecule has 2 rings (SSSR count). The van der Waals surface area contributed by atoms with Crippen molar-refractivity contribution < 1.29 is 19.4 Å². The van der Waals surface area contributed by atoms with Gasteiger partial charge in [-0.3, -0.25) is 9.59 Å². The number of likely N-dealkylation sites (tertiary alicyclic amines) is 1. The van der Waals surface area contributed by atoms with Gasteiger partial charge in [-0.05, 0) is 30.5 Å². The lowest BCUT2D eigenvalue weighted by atomic mass is 9.76. The maximum absolute atomic E-state index is 12.3. The molecule has 0 spiro atoms. The van der Waals surface area contributed by atoms with Crippen molar-refractivity contribution in [3.8, 4) is 5.75 Å². The lowest BCUT2D eigenvalue weighted by Crippen LogP contribution is -2.41. The van der Waals surface area contributed by atoms with Crippen LogP contribution < -0.4 is 4.74 Å². The second-order valence-corrected chi connectivity index (χ2v) is 6.89. The fourth-order valence-corrected chi connectivity index (χ4v) is 3.22. The first-order valence-corrected chi connectivity index (χ1v) is 8.11. The molecule has 0 aromatic heterocycles. The van der Waals surface area contributed by atoms with Gasteiger partial charge in [-0.25, -0.2) is 0 Å². The minimum absolute atomic E-state index is 0.0515. The number of carbonyl (C=O) groups excluding carboxylic acids is 1. The zero-order valence-electron chi connectivity index (χ0n) is 13.0. The number of halogens is 2. The second kappa shape index (κ2) is 6.97. The van der Waals surface area contributed by atoms with Crippen molar-refractivity contribution in [2.24, 2.45) is 11.3 Å². The van der Waals surface area contributed by atoms with E-state index in [9.17, 15) is 14.7 Å². The van der Waals surface area contributed by atoms with E-state index in [-0.39, 0.29) is 25.0 Å². The van der Waals surface area contributed by atoms with Gasteiger partial charge >= 0.3 is 5.97 Å². The lowest BCUT2D eigenvalue weighted by Gasteiger charge is -2.28. The van der Waals surface area contributed by atoms with E-state index in [4.69, 9.17) is 27.9 Å². The van der Waals surface area contributed by atoms with E-state index in [2.05, 4.69) is 0 Å². The number of benzene rings is 1. The molecule has 1 aliphatic heterocycles. The summed E-state index contributed by atoms with van der Waals surface area (Å²) in [7, 11) is 0. The quantitative estimate of drug-likeness (QED) is 0.875. The fourth-order valence-electron chi connectivity index (χ4n) is 2.76. The van der Waals surface area contributed by atoms with E-state index >= 15 is 0 Å². The van der Waals surface area contributed by atoms with Crippen LogP contribution in [-0.2, 0) is 9.59 Å². The number of carboxylic acids is 1. The van der Waals surface area contributed by atoms with Gasteiger partial charge < -0.3 is 14.7 Å². The van der Waals surface area contributed by atoms with Crippen molar-refractivity contribution in [3.63, 3.8) is 0 Å². The van der Waals surface area contributed by atoms with Crippen LogP contribution in [0.15, 0.2) is 18.2 Å². The monoisotopic (exact) mass is 359 g/mol. The van der Waals surface area contributed by atoms with Gasteiger partial charge in [0.15, 0.2) is 6.61 Å². The summed E-state index contributed by atoms with van der Waals surface area (Å²) in [6.45, 7) is 4.17. The highest BCUT2D eigenvalue weighted by molar-refractivity contribution is 6.35.